The second-order valence-electron chi connectivity index (χ2n) is 3.92. The maximum absolute atomic E-state index is 11.7. The molecular weight excluding hydrogens is 218 g/mol. The van der Waals surface area contributed by atoms with E-state index < -0.39 is 0 Å². The molecule has 0 unspecified atom stereocenters. The molecule has 0 aliphatic carbocycles. The Hall–Kier alpha value is -2.04. The van der Waals surface area contributed by atoms with Gasteiger partial charge >= 0.3 is 0 Å². The summed E-state index contributed by atoms with van der Waals surface area (Å²) < 4.78 is 0. The SMILES string of the molecule is CCCCNc1cccc2c(=O)[nH][nH]c(=O)c12. The molecule has 1 aromatic carbocycles. The number of nitrogens with one attached hydrogen (secondary N) is 3. The van der Waals surface area contributed by atoms with Gasteiger partial charge in [0.05, 0.1) is 10.8 Å². The van der Waals surface area contributed by atoms with E-state index in [2.05, 4.69) is 22.4 Å². The van der Waals surface area contributed by atoms with Gasteiger partial charge in [0.25, 0.3) is 11.1 Å². The first-order valence-corrected chi connectivity index (χ1v) is 5.71. The number of anilines is 1. The number of H-pyrrole nitrogens is 2. The summed E-state index contributed by atoms with van der Waals surface area (Å²) in [5.74, 6) is 0. The van der Waals surface area contributed by atoms with Crippen LogP contribution in [0.5, 0.6) is 0 Å². The Kier molecular flexibility index (Phi) is 3.27. The number of hydrogen-bond acceptors (Lipinski definition) is 3. The number of aromatic nitrogens is 2. The smallest absolute Gasteiger partial charge is 0.272 e. The Balaban J connectivity index is 2.53. The monoisotopic (exact) mass is 233 g/mol. The number of benzene rings is 1. The second kappa shape index (κ2) is 4.86. The van der Waals surface area contributed by atoms with Crippen LogP contribution in [-0.2, 0) is 0 Å². The normalized spacial score (nSPS) is 10.6. The molecule has 0 bridgehead atoms. The highest BCUT2D eigenvalue weighted by Crippen LogP contribution is 2.16. The third-order valence-electron chi connectivity index (χ3n) is 2.67. The molecule has 0 amide bonds. The second-order valence-corrected chi connectivity index (χ2v) is 3.92. The maximum Gasteiger partial charge on any atom is 0.272 e. The maximum atomic E-state index is 11.7. The average molecular weight is 233 g/mol. The van der Waals surface area contributed by atoms with Crippen LogP contribution in [-0.4, -0.2) is 16.7 Å². The minimum atomic E-state index is -0.279. The van der Waals surface area contributed by atoms with Gasteiger partial charge < -0.3 is 5.32 Å². The molecule has 0 aliphatic heterocycles. The molecule has 0 spiro atoms. The zero-order valence-electron chi connectivity index (χ0n) is 9.67. The van der Waals surface area contributed by atoms with Crippen LogP contribution in [0, 0.1) is 0 Å². The van der Waals surface area contributed by atoms with Crippen molar-refractivity contribution in [2.45, 2.75) is 19.8 Å². The molecule has 17 heavy (non-hydrogen) atoms. The van der Waals surface area contributed by atoms with Crippen molar-refractivity contribution in [2.24, 2.45) is 0 Å². The van der Waals surface area contributed by atoms with Crippen molar-refractivity contribution in [2.75, 3.05) is 11.9 Å². The van der Waals surface area contributed by atoms with Gasteiger partial charge in [0, 0.05) is 12.2 Å². The van der Waals surface area contributed by atoms with Gasteiger partial charge in [0.2, 0.25) is 0 Å². The van der Waals surface area contributed by atoms with Crippen LogP contribution >= 0.6 is 0 Å². The molecule has 5 nitrogen and oxygen atoms in total. The predicted octanol–water partition coefficient (Wildman–Crippen LogP) is 1.43. The number of aromatic amines is 2. The van der Waals surface area contributed by atoms with Crippen molar-refractivity contribution in [1.82, 2.24) is 10.2 Å². The number of rotatable bonds is 4. The van der Waals surface area contributed by atoms with Crippen molar-refractivity contribution in [1.29, 1.82) is 0 Å². The van der Waals surface area contributed by atoms with E-state index in [0.717, 1.165) is 19.4 Å². The Morgan fingerprint density at radius 1 is 1.18 bits per heavy atom. The average Bonchev–Trinajstić information content (AvgIpc) is 2.34. The number of hydrogen-bond donors (Lipinski definition) is 3. The minimum absolute atomic E-state index is 0.279. The zero-order valence-corrected chi connectivity index (χ0v) is 9.67. The van der Waals surface area contributed by atoms with Gasteiger partial charge in [-0.15, -0.1) is 0 Å². The lowest BCUT2D eigenvalue weighted by Crippen LogP contribution is -2.20. The number of unbranched alkanes of at least 4 members (excludes halogenated alkanes) is 1. The van der Waals surface area contributed by atoms with Crippen LogP contribution in [0.2, 0.25) is 0 Å². The molecule has 0 saturated carbocycles. The molecule has 0 radical (unpaired) electrons. The molecule has 0 fully saturated rings. The fourth-order valence-corrected chi connectivity index (χ4v) is 1.78. The lowest BCUT2D eigenvalue weighted by molar-refractivity contribution is 0.835. The van der Waals surface area contributed by atoms with Crippen LogP contribution in [0.1, 0.15) is 19.8 Å². The summed E-state index contributed by atoms with van der Waals surface area (Å²) in [6.45, 7) is 2.89. The van der Waals surface area contributed by atoms with Crippen LogP contribution in [0.15, 0.2) is 27.8 Å². The molecule has 3 N–H and O–H groups in total. The largest absolute Gasteiger partial charge is 0.384 e. The summed E-state index contributed by atoms with van der Waals surface area (Å²) in [6, 6.07) is 5.23. The Morgan fingerprint density at radius 3 is 2.71 bits per heavy atom. The molecule has 2 rings (SSSR count). The van der Waals surface area contributed by atoms with Crippen LogP contribution in [0.25, 0.3) is 10.8 Å². The first-order valence-electron chi connectivity index (χ1n) is 5.71. The van der Waals surface area contributed by atoms with Crippen molar-refractivity contribution in [3.63, 3.8) is 0 Å². The Morgan fingerprint density at radius 2 is 1.94 bits per heavy atom. The van der Waals surface area contributed by atoms with Gasteiger partial charge in [0.1, 0.15) is 0 Å². The fraction of sp³-hybridized carbons (Fsp3) is 0.333. The summed E-state index contributed by atoms with van der Waals surface area (Å²) in [5, 5.41) is 8.68. The first-order chi connectivity index (χ1) is 8.24. The first kappa shape index (κ1) is 11.4. The summed E-state index contributed by atoms with van der Waals surface area (Å²) in [5.41, 5.74) is 0.154. The fourth-order valence-electron chi connectivity index (χ4n) is 1.78. The van der Waals surface area contributed by atoms with Gasteiger partial charge in [-0.25, -0.2) is 0 Å². The summed E-state index contributed by atoms with van der Waals surface area (Å²) in [6.07, 6.45) is 2.10. The van der Waals surface area contributed by atoms with E-state index in [-0.39, 0.29) is 11.1 Å². The standard InChI is InChI=1S/C12H15N3O2/c1-2-3-7-13-9-6-4-5-8-10(9)12(17)15-14-11(8)16/h4-6,13H,2-3,7H2,1H3,(H,14,16)(H,15,17). The minimum Gasteiger partial charge on any atom is -0.384 e. The Bertz CT molecular complexity index is 627. The van der Waals surface area contributed by atoms with Crippen LogP contribution < -0.4 is 16.4 Å². The van der Waals surface area contributed by atoms with E-state index in [1.165, 1.54) is 0 Å². The van der Waals surface area contributed by atoms with Crippen molar-refractivity contribution in [3.05, 3.63) is 38.9 Å². The van der Waals surface area contributed by atoms with E-state index in [9.17, 15) is 9.59 Å². The van der Waals surface area contributed by atoms with Gasteiger partial charge in [-0.2, -0.15) is 0 Å². The third-order valence-corrected chi connectivity index (χ3v) is 2.67. The highest BCUT2D eigenvalue weighted by molar-refractivity contribution is 5.92. The molecule has 5 heteroatoms. The molecule has 1 aromatic heterocycles. The van der Waals surface area contributed by atoms with Gasteiger partial charge in [0.15, 0.2) is 0 Å². The molecular formula is C12H15N3O2. The van der Waals surface area contributed by atoms with Crippen LogP contribution in [0.4, 0.5) is 5.69 Å². The highest BCUT2D eigenvalue weighted by atomic mass is 16.1. The van der Waals surface area contributed by atoms with E-state index in [4.69, 9.17) is 0 Å². The molecule has 0 saturated heterocycles. The molecule has 0 aliphatic rings. The lowest BCUT2D eigenvalue weighted by Gasteiger charge is -2.07. The summed E-state index contributed by atoms with van der Waals surface area (Å²) >= 11 is 0. The van der Waals surface area contributed by atoms with Gasteiger partial charge in [-0.1, -0.05) is 19.4 Å². The molecule has 0 atom stereocenters. The van der Waals surface area contributed by atoms with Gasteiger partial charge in [-0.3, -0.25) is 19.8 Å². The molecule has 90 valence electrons. The number of fused-ring (bicyclic) bond motifs is 1. The topological polar surface area (TPSA) is 77.8 Å². The van der Waals surface area contributed by atoms with E-state index in [0.29, 0.717) is 16.5 Å². The van der Waals surface area contributed by atoms with Crippen molar-refractivity contribution < 1.29 is 0 Å². The Labute approximate surface area is 97.9 Å². The zero-order chi connectivity index (χ0) is 12.3. The van der Waals surface area contributed by atoms with Gasteiger partial charge in [-0.05, 0) is 18.6 Å². The predicted molar refractivity (Wildman–Crippen MR) is 68.6 cm³/mol. The summed E-state index contributed by atoms with van der Waals surface area (Å²) in [7, 11) is 0. The third kappa shape index (κ3) is 2.22. The molecule has 2 aromatic rings. The summed E-state index contributed by atoms with van der Waals surface area (Å²) in [4.78, 5) is 23.3. The highest BCUT2D eigenvalue weighted by Gasteiger charge is 2.07. The van der Waals surface area contributed by atoms with E-state index in [1.54, 1.807) is 12.1 Å². The van der Waals surface area contributed by atoms with Crippen LogP contribution in [0.3, 0.4) is 0 Å². The molecule has 1 heterocycles. The lowest BCUT2D eigenvalue weighted by atomic mass is 10.1. The van der Waals surface area contributed by atoms with E-state index in [1.807, 2.05) is 6.07 Å². The van der Waals surface area contributed by atoms with Crippen molar-refractivity contribution >= 4 is 16.5 Å². The van der Waals surface area contributed by atoms with E-state index >= 15 is 0 Å². The van der Waals surface area contributed by atoms with Crippen molar-refractivity contribution in [3.8, 4) is 0 Å². The quantitative estimate of drug-likeness (QED) is 0.699.